The van der Waals surface area contributed by atoms with Gasteiger partial charge in [-0.25, -0.2) is 0 Å². The summed E-state index contributed by atoms with van der Waals surface area (Å²) in [6.07, 6.45) is 1.87. The van der Waals surface area contributed by atoms with E-state index in [-0.39, 0.29) is 12.5 Å². The van der Waals surface area contributed by atoms with E-state index in [1.165, 1.54) is 11.1 Å². The van der Waals surface area contributed by atoms with Gasteiger partial charge in [0.05, 0.1) is 13.2 Å². The number of benzene rings is 2. The van der Waals surface area contributed by atoms with Crippen molar-refractivity contribution in [2.45, 2.75) is 26.3 Å². The minimum atomic E-state index is 0.0536. The SMILES string of the molecule is CCN(Cc1ccccc1)C(=O)CNC(=NC)NCCc1ccc2c(c1)CCO2. The Bertz CT molecular complexity index is 836. The van der Waals surface area contributed by atoms with Crippen molar-refractivity contribution in [3.05, 3.63) is 65.2 Å². The van der Waals surface area contributed by atoms with Gasteiger partial charge >= 0.3 is 0 Å². The average molecular weight is 395 g/mol. The number of aliphatic imine (C=N–C) groups is 1. The fourth-order valence-electron chi connectivity index (χ4n) is 3.39. The van der Waals surface area contributed by atoms with E-state index >= 15 is 0 Å². The van der Waals surface area contributed by atoms with Gasteiger partial charge in [-0.3, -0.25) is 9.79 Å². The summed E-state index contributed by atoms with van der Waals surface area (Å²) in [6.45, 7) is 5.02. The first-order valence-electron chi connectivity index (χ1n) is 10.2. The van der Waals surface area contributed by atoms with Crippen molar-refractivity contribution in [1.29, 1.82) is 0 Å². The number of fused-ring (bicyclic) bond motifs is 1. The van der Waals surface area contributed by atoms with Crippen LogP contribution in [0.4, 0.5) is 0 Å². The molecule has 1 aliphatic rings. The van der Waals surface area contributed by atoms with Gasteiger partial charge in [-0.1, -0.05) is 42.5 Å². The standard InChI is InChI=1S/C23H30N4O2/c1-3-27(17-19-7-5-4-6-8-19)22(28)16-26-23(24-2)25-13-11-18-9-10-21-20(15-18)12-14-29-21/h4-10,15H,3,11-14,16-17H2,1-2H3,(H2,24,25,26). The fraction of sp³-hybridized carbons (Fsp3) is 0.391. The number of ether oxygens (including phenoxy) is 1. The third-order valence-corrected chi connectivity index (χ3v) is 5.04. The first kappa shape index (κ1) is 20.7. The Balaban J connectivity index is 1.42. The van der Waals surface area contributed by atoms with Crippen LogP contribution in [0.2, 0.25) is 0 Å². The number of carbonyl (C=O) groups excluding carboxylic acids is 1. The Hall–Kier alpha value is -3.02. The minimum absolute atomic E-state index is 0.0536. The van der Waals surface area contributed by atoms with E-state index in [1.54, 1.807) is 7.05 Å². The van der Waals surface area contributed by atoms with Crippen molar-refractivity contribution in [1.82, 2.24) is 15.5 Å². The molecule has 1 amide bonds. The van der Waals surface area contributed by atoms with Crippen LogP contribution in [0.15, 0.2) is 53.5 Å². The van der Waals surface area contributed by atoms with E-state index in [0.29, 0.717) is 19.0 Å². The molecule has 0 spiro atoms. The van der Waals surface area contributed by atoms with Crippen LogP contribution in [0.3, 0.4) is 0 Å². The molecular weight excluding hydrogens is 364 g/mol. The Morgan fingerprint density at radius 1 is 1.14 bits per heavy atom. The topological polar surface area (TPSA) is 66.0 Å². The molecule has 0 bridgehead atoms. The molecule has 2 aromatic carbocycles. The number of nitrogens with zero attached hydrogens (tertiary/aromatic N) is 2. The number of guanidine groups is 1. The van der Waals surface area contributed by atoms with Gasteiger partial charge in [0.25, 0.3) is 0 Å². The van der Waals surface area contributed by atoms with Gasteiger partial charge < -0.3 is 20.3 Å². The number of hydrogen-bond acceptors (Lipinski definition) is 3. The molecule has 0 unspecified atom stereocenters. The maximum Gasteiger partial charge on any atom is 0.242 e. The van der Waals surface area contributed by atoms with Crippen molar-refractivity contribution in [2.24, 2.45) is 4.99 Å². The summed E-state index contributed by atoms with van der Waals surface area (Å²) < 4.78 is 5.55. The summed E-state index contributed by atoms with van der Waals surface area (Å²) in [5.74, 6) is 1.70. The van der Waals surface area contributed by atoms with Crippen LogP contribution >= 0.6 is 0 Å². The average Bonchev–Trinajstić information content (AvgIpc) is 3.22. The Morgan fingerprint density at radius 2 is 1.97 bits per heavy atom. The largest absolute Gasteiger partial charge is 0.493 e. The van der Waals surface area contributed by atoms with Crippen LogP contribution in [0, 0.1) is 0 Å². The van der Waals surface area contributed by atoms with Gasteiger partial charge in [-0.15, -0.1) is 0 Å². The molecular formula is C23H30N4O2. The number of nitrogens with one attached hydrogen (secondary N) is 2. The molecule has 3 rings (SSSR count). The summed E-state index contributed by atoms with van der Waals surface area (Å²) in [5.41, 5.74) is 3.69. The molecule has 1 aliphatic heterocycles. The van der Waals surface area contributed by atoms with E-state index < -0.39 is 0 Å². The molecule has 2 aromatic rings. The van der Waals surface area contributed by atoms with Crippen LogP contribution in [-0.2, 0) is 24.2 Å². The predicted octanol–water partition coefficient (Wildman–Crippen LogP) is 2.38. The zero-order chi connectivity index (χ0) is 20.5. The second kappa shape index (κ2) is 10.5. The van der Waals surface area contributed by atoms with Crippen molar-refractivity contribution >= 4 is 11.9 Å². The van der Waals surface area contributed by atoms with Gasteiger partial charge in [0.2, 0.25) is 5.91 Å². The number of amides is 1. The molecule has 29 heavy (non-hydrogen) atoms. The molecule has 0 fully saturated rings. The monoisotopic (exact) mass is 394 g/mol. The molecule has 154 valence electrons. The molecule has 6 nitrogen and oxygen atoms in total. The van der Waals surface area contributed by atoms with Crippen LogP contribution in [-0.4, -0.2) is 50.1 Å². The molecule has 0 aromatic heterocycles. The summed E-state index contributed by atoms with van der Waals surface area (Å²) in [6, 6.07) is 16.4. The first-order chi connectivity index (χ1) is 14.2. The lowest BCUT2D eigenvalue weighted by atomic mass is 10.1. The predicted molar refractivity (Wildman–Crippen MR) is 116 cm³/mol. The van der Waals surface area contributed by atoms with Gasteiger partial charge in [0.1, 0.15) is 5.75 Å². The molecule has 0 atom stereocenters. The van der Waals surface area contributed by atoms with Gasteiger partial charge in [0.15, 0.2) is 5.96 Å². The second-order valence-corrected chi connectivity index (χ2v) is 7.04. The minimum Gasteiger partial charge on any atom is -0.493 e. The molecule has 0 aliphatic carbocycles. The van der Waals surface area contributed by atoms with Crippen molar-refractivity contribution in [3.63, 3.8) is 0 Å². The number of carbonyl (C=O) groups is 1. The molecule has 0 saturated heterocycles. The normalized spacial score (nSPS) is 12.8. The lowest BCUT2D eigenvalue weighted by Crippen LogP contribution is -2.44. The summed E-state index contributed by atoms with van der Waals surface area (Å²) in [7, 11) is 1.72. The summed E-state index contributed by atoms with van der Waals surface area (Å²) in [5, 5.41) is 6.41. The van der Waals surface area contributed by atoms with Crippen molar-refractivity contribution in [3.8, 4) is 5.75 Å². The highest BCUT2D eigenvalue weighted by molar-refractivity contribution is 5.86. The Kier molecular flexibility index (Phi) is 7.50. The third-order valence-electron chi connectivity index (χ3n) is 5.04. The van der Waals surface area contributed by atoms with E-state index in [2.05, 4.69) is 33.8 Å². The van der Waals surface area contributed by atoms with E-state index in [0.717, 1.165) is 37.3 Å². The maximum absolute atomic E-state index is 12.6. The molecule has 0 radical (unpaired) electrons. The summed E-state index contributed by atoms with van der Waals surface area (Å²) >= 11 is 0. The zero-order valence-electron chi connectivity index (χ0n) is 17.3. The zero-order valence-corrected chi connectivity index (χ0v) is 17.3. The molecule has 1 heterocycles. The fourth-order valence-corrected chi connectivity index (χ4v) is 3.39. The number of likely N-dealkylation sites (N-methyl/N-ethyl adjacent to an activating group) is 1. The van der Waals surface area contributed by atoms with Crippen LogP contribution in [0.25, 0.3) is 0 Å². The van der Waals surface area contributed by atoms with E-state index in [1.807, 2.05) is 42.2 Å². The van der Waals surface area contributed by atoms with Crippen LogP contribution in [0.1, 0.15) is 23.6 Å². The van der Waals surface area contributed by atoms with Gasteiger partial charge in [-0.2, -0.15) is 0 Å². The smallest absolute Gasteiger partial charge is 0.242 e. The van der Waals surface area contributed by atoms with E-state index in [9.17, 15) is 4.79 Å². The lowest BCUT2D eigenvalue weighted by Gasteiger charge is -2.22. The molecule has 6 heteroatoms. The van der Waals surface area contributed by atoms with Crippen LogP contribution < -0.4 is 15.4 Å². The third kappa shape index (κ3) is 5.98. The Morgan fingerprint density at radius 3 is 2.72 bits per heavy atom. The highest BCUT2D eigenvalue weighted by Gasteiger charge is 2.13. The van der Waals surface area contributed by atoms with Crippen LogP contribution in [0.5, 0.6) is 5.75 Å². The summed E-state index contributed by atoms with van der Waals surface area (Å²) in [4.78, 5) is 18.6. The molecule has 2 N–H and O–H groups in total. The second-order valence-electron chi connectivity index (χ2n) is 7.04. The lowest BCUT2D eigenvalue weighted by molar-refractivity contribution is -0.130. The highest BCUT2D eigenvalue weighted by atomic mass is 16.5. The number of rotatable bonds is 8. The first-order valence-corrected chi connectivity index (χ1v) is 10.2. The Labute approximate surface area is 173 Å². The maximum atomic E-state index is 12.6. The quantitative estimate of drug-likeness (QED) is 0.533. The number of hydrogen-bond donors (Lipinski definition) is 2. The highest BCUT2D eigenvalue weighted by Crippen LogP contribution is 2.25. The van der Waals surface area contributed by atoms with E-state index in [4.69, 9.17) is 4.74 Å². The van der Waals surface area contributed by atoms with Gasteiger partial charge in [0, 0.05) is 33.1 Å². The van der Waals surface area contributed by atoms with Gasteiger partial charge in [-0.05, 0) is 36.1 Å². The molecule has 0 saturated carbocycles. The van der Waals surface area contributed by atoms with Crippen molar-refractivity contribution < 1.29 is 9.53 Å². The van der Waals surface area contributed by atoms with Crippen molar-refractivity contribution in [2.75, 3.05) is 33.3 Å².